The molecule has 5 nitrogen and oxygen atoms in total. The van der Waals surface area contributed by atoms with E-state index in [-0.39, 0.29) is 41.2 Å². The van der Waals surface area contributed by atoms with Crippen molar-refractivity contribution in [1.29, 1.82) is 0 Å². The number of fused-ring (bicyclic) bond motifs is 8. The second-order valence-electron chi connectivity index (χ2n) is 13.3. The van der Waals surface area contributed by atoms with Gasteiger partial charge in [-0.3, -0.25) is 0 Å². The number of hydrogen-bond acceptors (Lipinski definition) is 3. The van der Waals surface area contributed by atoms with Crippen molar-refractivity contribution in [1.82, 2.24) is 24.9 Å². The first-order chi connectivity index (χ1) is 25.4. The van der Waals surface area contributed by atoms with Crippen molar-refractivity contribution in [2.75, 3.05) is 0 Å². The molecule has 6 heterocycles. The van der Waals surface area contributed by atoms with Gasteiger partial charge in [0, 0.05) is 26.3 Å². The maximum absolute atomic E-state index is 5.25. The molecule has 7 rings (SSSR count). The number of hydrogen-bond donors (Lipinski definition) is 0. The molecule has 0 amide bonds. The van der Waals surface area contributed by atoms with E-state index in [9.17, 15) is 0 Å². The first-order valence-corrected chi connectivity index (χ1v) is 19.4. The second kappa shape index (κ2) is 19.8. The van der Waals surface area contributed by atoms with E-state index < -0.39 is 0 Å². The van der Waals surface area contributed by atoms with Crippen molar-refractivity contribution in [2.45, 2.75) is 107 Å². The molecule has 54 heavy (non-hydrogen) atoms. The van der Waals surface area contributed by atoms with E-state index >= 15 is 0 Å². The number of allylic oxidation sites excluding steroid dienone is 4. The molecule has 0 saturated heterocycles. The Morgan fingerprint density at radius 3 is 1.11 bits per heavy atom. The van der Waals surface area contributed by atoms with E-state index in [1.54, 1.807) is 6.20 Å². The molecule has 0 atom stereocenters. The van der Waals surface area contributed by atoms with Crippen LogP contribution in [0, 0.1) is 6.07 Å². The molecule has 1 radical (unpaired) electrons. The minimum Gasteiger partial charge on any atom is -0.657 e. The molecule has 0 unspecified atom stereocenters. The number of pyridine rings is 1. The maximum atomic E-state index is 5.25. The molecule has 0 spiro atoms. The Hall–Kier alpha value is -3.69. The van der Waals surface area contributed by atoms with Crippen LogP contribution in [-0.4, -0.2) is 15.0 Å². The van der Waals surface area contributed by atoms with Gasteiger partial charge >= 0.3 is 21.1 Å². The molecule has 4 aromatic heterocycles. The van der Waals surface area contributed by atoms with E-state index in [1.807, 2.05) is 42.5 Å². The van der Waals surface area contributed by atoms with Gasteiger partial charge in [-0.15, -0.1) is 58.0 Å². The molecule has 7 heteroatoms. The van der Waals surface area contributed by atoms with Crippen LogP contribution < -0.4 is 9.97 Å². The summed E-state index contributed by atoms with van der Waals surface area (Å²) in [5.41, 5.74) is 21.2. The molecule has 2 aliphatic rings. The van der Waals surface area contributed by atoms with E-state index in [0.29, 0.717) is 0 Å². The van der Waals surface area contributed by atoms with Crippen LogP contribution in [0.5, 0.6) is 0 Å². The smallest absolute Gasteiger partial charge is 0.657 e. The average molecular weight is 1070 g/mol. The monoisotopic (exact) mass is 1070 g/mol. The van der Waals surface area contributed by atoms with Gasteiger partial charge < -0.3 is 15.0 Å². The molecule has 5 aromatic rings. The summed E-state index contributed by atoms with van der Waals surface area (Å²) in [7, 11) is 0. The van der Waals surface area contributed by atoms with Crippen LogP contribution in [0.3, 0.4) is 0 Å². The Bertz CT molecular complexity index is 2000. The van der Waals surface area contributed by atoms with Gasteiger partial charge in [0.15, 0.2) is 0 Å². The summed E-state index contributed by atoms with van der Waals surface area (Å²) in [5, 5.41) is 0. The fourth-order valence-electron chi connectivity index (χ4n) is 8.00. The zero-order valence-corrected chi connectivity index (χ0v) is 37.6. The predicted octanol–water partition coefficient (Wildman–Crippen LogP) is 11.8. The molecular formula is C47H52IrN5Pt-. The summed E-state index contributed by atoms with van der Waals surface area (Å²) < 4.78 is 0. The van der Waals surface area contributed by atoms with Crippen LogP contribution >= 0.6 is 0 Å². The maximum Gasteiger partial charge on any atom is 2.00 e. The standard InChI is InChI=1S/C36H44N4.C11H8N.Ir.Pt/c1-9-21-22(10-2)30-18-32-25(13-5)26(14-6)34(39-32)20-36-28(16-8)27(15-7)35(40-36)19-33-24(12-4)23(11-3)31(38-33)17-29(21)37-30;1-2-6-10(7-3-1)11-8-4-5-9-12-11;;/h17-20H,9-16H2,1-8H3;1-6,8-9H;;/q-2;-1;;+2. The predicted molar refractivity (Wildman–Crippen MR) is 220 cm³/mol. The topological polar surface area (TPSA) is 66.9 Å². The number of rotatable bonds is 9. The summed E-state index contributed by atoms with van der Waals surface area (Å²) >= 11 is 0. The molecule has 1 aromatic carbocycles. The van der Waals surface area contributed by atoms with Crippen LogP contribution in [0.15, 0.2) is 72.9 Å². The first kappa shape index (κ1) is 43.0. The molecule has 2 aliphatic heterocycles. The number of aryl methyl sites for hydroxylation is 4. The number of benzene rings is 1. The van der Waals surface area contributed by atoms with Gasteiger partial charge in [0.25, 0.3) is 0 Å². The van der Waals surface area contributed by atoms with Crippen molar-refractivity contribution < 1.29 is 41.2 Å². The van der Waals surface area contributed by atoms with Gasteiger partial charge in [-0.25, -0.2) is 9.97 Å². The Balaban J connectivity index is 0.000000394. The Labute approximate surface area is 350 Å². The fourth-order valence-corrected chi connectivity index (χ4v) is 8.00. The molecule has 0 saturated carbocycles. The molecule has 0 aliphatic carbocycles. The third-order valence-corrected chi connectivity index (χ3v) is 10.5. The van der Waals surface area contributed by atoms with Crippen molar-refractivity contribution in [2.24, 2.45) is 0 Å². The molecular weight excluding hydrogens is 1020 g/mol. The number of aromatic nitrogens is 5. The third-order valence-electron chi connectivity index (χ3n) is 10.5. The average Bonchev–Trinajstić information content (AvgIpc) is 3.90. The molecule has 0 fully saturated rings. The van der Waals surface area contributed by atoms with E-state index in [1.165, 1.54) is 44.5 Å². The summed E-state index contributed by atoms with van der Waals surface area (Å²) in [4.78, 5) is 25.2. The Kier molecular flexibility index (Phi) is 15.8. The van der Waals surface area contributed by atoms with Crippen LogP contribution in [0.2, 0.25) is 0 Å². The van der Waals surface area contributed by atoms with Crippen molar-refractivity contribution in [3.8, 4) is 11.3 Å². The first-order valence-electron chi connectivity index (χ1n) is 19.4. The molecule has 0 N–H and O–H groups in total. The van der Waals surface area contributed by atoms with Crippen LogP contribution in [0.25, 0.3) is 55.6 Å². The van der Waals surface area contributed by atoms with Gasteiger partial charge in [0.05, 0.1) is 22.8 Å². The largest absolute Gasteiger partial charge is 2.00 e. The van der Waals surface area contributed by atoms with Gasteiger partial charge in [-0.2, -0.15) is 0 Å². The third kappa shape index (κ3) is 8.57. The SMILES string of the molecule is CCC1=C(CC)c2cc3[n-]c(cc4nc(cc5[n-]c(cc1n2)c(CC)c5CC)C(CC)=C4CC)c(CC)c3CC.[Ir].[Pt+2].[c-]1ccccc1-c1ccccn1. The van der Waals surface area contributed by atoms with Gasteiger partial charge in [-0.1, -0.05) is 114 Å². The molecule has 8 bridgehead atoms. The summed E-state index contributed by atoms with van der Waals surface area (Å²) in [6, 6.07) is 25.8. The summed E-state index contributed by atoms with van der Waals surface area (Å²) in [5.74, 6) is 0. The Morgan fingerprint density at radius 1 is 0.463 bits per heavy atom. The zero-order chi connectivity index (χ0) is 36.8. The normalized spacial score (nSPS) is 12.2. The fraction of sp³-hybridized carbons (Fsp3) is 0.340. The zero-order valence-electron chi connectivity index (χ0n) is 33.0. The minimum atomic E-state index is 0. The molecule has 285 valence electrons. The van der Waals surface area contributed by atoms with E-state index in [4.69, 9.17) is 19.9 Å². The van der Waals surface area contributed by atoms with Gasteiger partial charge in [-0.05, 0) is 85.4 Å². The van der Waals surface area contributed by atoms with Gasteiger partial charge in [0.2, 0.25) is 0 Å². The quantitative estimate of drug-likeness (QED) is 0.138. The van der Waals surface area contributed by atoms with E-state index in [2.05, 4.69) is 90.7 Å². The minimum absolute atomic E-state index is 0. The summed E-state index contributed by atoms with van der Waals surface area (Å²) in [6.07, 6.45) is 9.39. The van der Waals surface area contributed by atoms with Crippen molar-refractivity contribution >= 4 is 44.4 Å². The number of nitrogens with zero attached hydrogens (tertiary/aromatic N) is 5. The van der Waals surface area contributed by atoms with Crippen LogP contribution in [0.4, 0.5) is 0 Å². The Morgan fingerprint density at radius 2 is 0.833 bits per heavy atom. The second-order valence-corrected chi connectivity index (χ2v) is 13.3. The van der Waals surface area contributed by atoms with Crippen LogP contribution in [0.1, 0.15) is 126 Å². The summed E-state index contributed by atoms with van der Waals surface area (Å²) in [6.45, 7) is 17.9. The van der Waals surface area contributed by atoms with Gasteiger partial charge in [0.1, 0.15) is 0 Å². The van der Waals surface area contributed by atoms with Crippen molar-refractivity contribution in [3.05, 3.63) is 124 Å². The van der Waals surface area contributed by atoms with Crippen molar-refractivity contribution in [3.63, 3.8) is 0 Å². The van der Waals surface area contributed by atoms with Crippen LogP contribution in [-0.2, 0) is 66.9 Å². The van der Waals surface area contributed by atoms with E-state index in [0.717, 1.165) is 107 Å².